The highest BCUT2D eigenvalue weighted by molar-refractivity contribution is 5.85. The van der Waals surface area contributed by atoms with Crippen LogP contribution in [0.1, 0.15) is 51.4 Å². The van der Waals surface area contributed by atoms with Gasteiger partial charge in [0.15, 0.2) is 0 Å². The third-order valence-corrected chi connectivity index (χ3v) is 2.67. The van der Waals surface area contributed by atoms with Crippen LogP contribution in [0.4, 0.5) is 0 Å². The summed E-state index contributed by atoms with van der Waals surface area (Å²) in [5.41, 5.74) is 0. The van der Waals surface area contributed by atoms with Crippen molar-refractivity contribution in [1.29, 1.82) is 0 Å². The van der Waals surface area contributed by atoms with Gasteiger partial charge in [0, 0.05) is 0 Å². The molecular formula is C16H26Cl2. The summed E-state index contributed by atoms with van der Waals surface area (Å²) in [5, 5.41) is 0. The summed E-state index contributed by atoms with van der Waals surface area (Å²) >= 11 is 0. The van der Waals surface area contributed by atoms with E-state index < -0.39 is 0 Å². The molecule has 2 aliphatic carbocycles. The minimum Gasteiger partial charge on any atom is -0.147 e. The van der Waals surface area contributed by atoms with Crippen LogP contribution in [0.5, 0.6) is 0 Å². The maximum atomic E-state index is 2.27. The highest BCUT2D eigenvalue weighted by atomic mass is 35.5. The lowest BCUT2D eigenvalue weighted by atomic mass is 10.1. The van der Waals surface area contributed by atoms with E-state index in [-0.39, 0.29) is 24.8 Å². The molecular weight excluding hydrogens is 263 g/mol. The van der Waals surface area contributed by atoms with Crippen LogP contribution in [0.2, 0.25) is 0 Å². The number of hydrogen-bond donors (Lipinski definition) is 0. The fraction of sp³-hybridized carbons (Fsp3) is 0.500. The van der Waals surface area contributed by atoms with Crippen molar-refractivity contribution >= 4 is 24.8 Å². The molecule has 0 unspecified atom stereocenters. The molecule has 0 N–H and O–H groups in total. The van der Waals surface area contributed by atoms with E-state index in [1.807, 2.05) is 0 Å². The van der Waals surface area contributed by atoms with Crippen molar-refractivity contribution in [3.63, 3.8) is 0 Å². The number of allylic oxidation sites excluding steroid dienone is 8. The Labute approximate surface area is 125 Å². The minimum atomic E-state index is 0. The average Bonchev–Trinajstić information content (AvgIpc) is 2.15. The van der Waals surface area contributed by atoms with Gasteiger partial charge in [0.05, 0.1) is 0 Å². The van der Waals surface area contributed by atoms with Gasteiger partial charge >= 0.3 is 0 Å². The molecule has 0 amide bonds. The van der Waals surface area contributed by atoms with Gasteiger partial charge in [-0.25, -0.2) is 0 Å². The molecule has 18 heavy (non-hydrogen) atoms. The van der Waals surface area contributed by atoms with Gasteiger partial charge in [-0.2, -0.15) is 0 Å². The molecule has 0 atom stereocenters. The van der Waals surface area contributed by atoms with Gasteiger partial charge in [-0.15, -0.1) is 24.8 Å². The van der Waals surface area contributed by atoms with Crippen molar-refractivity contribution in [2.45, 2.75) is 51.4 Å². The molecule has 104 valence electrons. The fourth-order valence-electron chi connectivity index (χ4n) is 1.71. The normalized spacial score (nSPS) is 17.8. The van der Waals surface area contributed by atoms with E-state index in [2.05, 4.69) is 48.6 Å². The Morgan fingerprint density at radius 3 is 0.500 bits per heavy atom. The molecule has 0 radical (unpaired) electrons. The topological polar surface area (TPSA) is 0 Å². The summed E-state index contributed by atoms with van der Waals surface area (Å²) < 4.78 is 0. The smallest absolute Gasteiger partial charge is 0.0316 e. The summed E-state index contributed by atoms with van der Waals surface area (Å²) in [6.45, 7) is 0. The fourth-order valence-corrected chi connectivity index (χ4v) is 1.71. The van der Waals surface area contributed by atoms with Crippen molar-refractivity contribution in [2.24, 2.45) is 0 Å². The van der Waals surface area contributed by atoms with E-state index in [0.717, 1.165) is 0 Å². The van der Waals surface area contributed by atoms with Crippen LogP contribution in [0.25, 0.3) is 0 Å². The first-order valence-electron chi connectivity index (χ1n) is 6.60. The lowest BCUT2D eigenvalue weighted by Gasteiger charge is -1.92. The molecule has 0 bridgehead atoms. The molecule has 0 aromatic carbocycles. The standard InChI is InChI=1S/2C8H12.2ClH/c2*1-2-4-6-8-7-5-3-1;;/h2*1-2,7-8H,3-6H2;2*1H. The summed E-state index contributed by atoms with van der Waals surface area (Å²) in [7, 11) is 0. The lowest BCUT2D eigenvalue weighted by Crippen LogP contribution is -1.71. The van der Waals surface area contributed by atoms with Crippen molar-refractivity contribution in [3.05, 3.63) is 48.6 Å². The monoisotopic (exact) mass is 288 g/mol. The zero-order valence-electron chi connectivity index (χ0n) is 11.1. The first-order valence-corrected chi connectivity index (χ1v) is 6.60. The average molecular weight is 289 g/mol. The predicted molar refractivity (Wildman–Crippen MR) is 88.0 cm³/mol. The maximum absolute atomic E-state index is 2.27. The molecule has 0 aromatic rings. The van der Waals surface area contributed by atoms with Gasteiger partial charge in [-0.05, 0) is 51.4 Å². The molecule has 2 heteroatoms. The molecule has 2 rings (SSSR count). The maximum Gasteiger partial charge on any atom is -0.0316 e. The Kier molecular flexibility index (Phi) is 18.3. The Hall–Kier alpha value is -0.460. The Bertz CT molecular complexity index is 182. The number of hydrogen-bond acceptors (Lipinski definition) is 0. The minimum absolute atomic E-state index is 0. The molecule has 0 saturated heterocycles. The van der Waals surface area contributed by atoms with Gasteiger partial charge in [0.2, 0.25) is 0 Å². The first kappa shape index (κ1) is 19.9. The molecule has 2 aliphatic rings. The zero-order chi connectivity index (χ0) is 11.3. The highest BCUT2D eigenvalue weighted by Gasteiger charge is 1.82. The van der Waals surface area contributed by atoms with Gasteiger partial charge < -0.3 is 0 Å². The third kappa shape index (κ3) is 13.6. The summed E-state index contributed by atoms with van der Waals surface area (Å²) in [6.07, 6.45) is 28.0. The largest absolute Gasteiger partial charge is 0.147 e. The van der Waals surface area contributed by atoms with Crippen LogP contribution in [0.3, 0.4) is 0 Å². The van der Waals surface area contributed by atoms with E-state index in [4.69, 9.17) is 0 Å². The predicted octanol–water partition coefficient (Wildman–Crippen LogP) is 6.19. The van der Waals surface area contributed by atoms with E-state index >= 15 is 0 Å². The van der Waals surface area contributed by atoms with E-state index in [9.17, 15) is 0 Å². The van der Waals surface area contributed by atoms with Crippen LogP contribution in [0.15, 0.2) is 48.6 Å². The quantitative estimate of drug-likeness (QED) is 0.466. The van der Waals surface area contributed by atoms with E-state index in [1.165, 1.54) is 51.4 Å². The van der Waals surface area contributed by atoms with Crippen molar-refractivity contribution in [1.82, 2.24) is 0 Å². The van der Waals surface area contributed by atoms with Crippen LogP contribution < -0.4 is 0 Å². The summed E-state index contributed by atoms with van der Waals surface area (Å²) in [4.78, 5) is 0. The van der Waals surface area contributed by atoms with Gasteiger partial charge in [0.25, 0.3) is 0 Å². The van der Waals surface area contributed by atoms with Crippen molar-refractivity contribution < 1.29 is 0 Å². The van der Waals surface area contributed by atoms with E-state index in [1.54, 1.807) is 0 Å². The van der Waals surface area contributed by atoms with Crippen molar-refractivity contribution in [2.75, 3.05) is 0 Å². The Morgan fingerprint density at radius 2 is 0.389 bits per heavy atom. The van der Waals surface area contributed by atoms with Gasteiger partial charge in [-0.3, -0.25) is 0 Å². The molecule has 0 aliphatic heterocycles. The molecule has 0 fully saturated rings. The zero-order valence-corrected chi connectivity index (χ0v) is 12.7. The van der Waals surface area contributed by atoms with E-state index in [0.29, 0.717) is 0 Å². The second kappa shape index (κ2) is 16.5. The lowest BCUT2D eigenvalue weighted by molar-refractivity contribution is 0.962. The molecule has 0 nitrogen and oxygen atoms in total. The number of rotatable bonds is 0. The highest BCUT2D eigenvalue weighted by Crippen LogP contribution is 2.03. The molecule has 0 spiro atoms. The Balaban J connectivity index is 0. The summed E-state index contributed by atoms with van der Waals surface area (Å²) in [6, 6.07) is 0. The second-order valence-electron chi connectivity index (χ2n) is 4.20. The van der Waals surface area contributed by atoms with Crippen LogP contribution in [0, 0.1) is 0 Å². The van der Waals surface area contributed by atoms with Gasteiger partial charge in [0.1, 0.15) is 0 Å². The molecule has 0 saturated carbocycles. The molecule has 0 heterocycles. The van der Waals surface area contributed by atoms with Crippen molar-refractivity contribution in [3.8, 4) is 0 Å². The Morgan fingerprint density at radius 1 is 0.278 bits per heavy atom. The van der Waals surface area contributed by atoms with Crippen LogP contribution in [-0.4, -0.2) is 0 Å². The second-order valence-corrected chi connectivity index (χ2v) is 4.20. The SMILES string of the molecule is C1=CCCC=CCC1.C1=CCCC=CCC1.Cl.Cl. The van der Waals surface area contributed by atoms with Crippen LogP contribution >= 0.6 is 24.8 Å². The summed E-state index contributed by atoms with van der Waals surface area (Å²) in [5.74, 6) is 0. The molecule has 0 aromatic heterocycles. The van der Waals surface area contributed by atoms with Gasteiger partial charge in [-0.1, -0.05) is 48.6 Å². The van der Waals surface area contributed by atoms with Crippen LogP contribution in [-0.2, 0) is 0 Å². The number of halogens is 2. The third-order valence-electron chi connectivity index (χ3n) is 2.67. The first-order chi connectivity index (χ1) is 8.00.